The van der Waals surface area contributed by atoms with Gasteiger partial charge in [0, 0.05) is 5.33 Å². The summed E-state index contributed by atoms with van der Waals surface area (Å²) in [6.07, 6.45) is 3.06. The molecular formula is C10H11BrFNOS. The third kappa shape index (κ3) is 2.08. The summed E-state index contributed by atoms with van der Waals surface area (Å²) in [5.74, 6) is -0.719. The van der Waals surface area contributed by atoms with Gasteiger partial charge in [-0.2, -0.15) is 0 Å². The Kier molecular flexibility index (Phi) is 3.11. The number of nitrogens with one attached hydrogen (secondary N) is 1. The topological polar surface area (TPSA) is 29.1 Å². The molecule has 0 aliphatic heterocycles. The summed E-state index contributed by atoms with van der Waals surface area (Å²) in [6.45, 7) is 0. The first-order valence-electron chi connectivity index (χ1n) is 4.78. The summed E-state index contributed by atoms with van der Waals surface area (Å²) in [5.41, 5.74) is -0.145. The van der Waals surface area contributed by atoms with Crippen LogP contribution in [0.2, 0.25) is 0 Å². The van der Waals surface area contributed by atoms with Crippen molar-refractivity contribution in [1.29, 1.82) is 0 Å². The zero-order chi connectivity index (χ0) is 10.9. The van der Waals surface area contributed by atoms with Crippen LogP contribution in [0.25, 0.3) is 0 Å². The van der Waals surface area contributed by atoms with E-state index < -0.39 is 5.82 Å². The van der Waals surface area contributed by atoms with Crippen LogP contribution in [0.3, 0.4) is 0 Å². The molecular weight excluding hydrogens is 281 g/mol. The number of carbonyl (C=O) groups is 1. The maximum Gasteiger partial charge on any atom is 0.264 e. The fraction of sp³-hybridized carbons (Fsp3) is 0.500. The highest BCUT2D eigenvalue weighted by molar-refractivity contribution is 9.09. The summed E-state index contributed by atoms with van der Waals surface area (Å²) in [7, 11) is 0. The van der Waals surface area contributed by atoms with Crippen LogP contribution in [0, 0.1) is 5.82 Å². The van der Waals surface area contributed by atoms with Gasteiger partial charge in [0.25, 0.3) is 5.91 Å². The smallest absolute Gasteiger partial charge is 0.264 e. The van der Waals surface area contributed by atoms with Gasteiger partial charge in [-0.1, -0.05) is 15.9 Å². The largest absolute Gasteiger partial charge is 0.345 e. The second-order valence-corrected chi connectivity index (χ2v) is 5.30. The predicted octanol–water partition coefficient (Wildman–Crippen LogP) is 2.93. The third-order valence-corrected chi connectivity index (χ3v) is 4.73. The normalized spacial score (nSPS) is 18.3. The minimum absolute atomic E-state index is 0.145. The Balaban J connectivity index is 2.07. The van der Waals surface area contributed by atoms with Gasteiger partial charge >= 0.3 is 0 Å². The van der Waals surface area contributed by atoms with E-state index in [1.54, 1.807) is 5.38 Å². The molecule has 0 atom stereocenters. The van der Waals surface area contributed by atoms with E-state index >= 15 is 0 Å². The zero-order valence-electron chi connectivity index (χ0n) is 8.06. The monoisotopic (exact) mass is 291 g/mol. The highest BCUT2D eigenvalue weighted by Gasteiger charge is 2.37. The molecule has 1 amide bonds. The van der Waals surface area contributed by atoms with E-state index in [-0.39, 0.29) is 16.3 Å². The van der Waals surface area contributed by atoms with Gasteiger partial charge in [0.2, 0.25) is 0 Å². The van der Waals surface area contributed by atoms with Crippen LogP contribution >= 0.6 is 27.3 Å². The molecule has 0 bridgehead atoms. The van der Waals surface area contributed by atoms with Crippen LogP contribution in [-0.4, -0.2) is 16.8 Å². The molecule has 1 saturated carbocycles. The second-order valence-electron chi connectivity index (χ2n) is 3.82. The average Bonchev–Trinajstić information content (AvgIpc) is 2.58. The van der Waals surface area contributed by atoms with Crippen molar-refractivity contribution >= 4 is 33.2 Å². The van der Waals surface area contributed by atoms with Crippen LogP contribution < -0.4 is 5.32 Å². The standard InChI is InChI=1S/C10H11BrFNOS/c11-6-10(3-1-4-10)13-9(14)8-7(12)2-5-15-8/h2,5H,1,3-4,6H2,(H,13,14). The maximum absolute atomic E-state index is 13.1. The molecule has 0 spiro atoms. The Hall–Kier alpha value is -0.420. The molecule has 2 rings (SSSR count). The summed E-state index contributed by atoms with van der Waals surface area (Å²) in [6, 6.07) is 1.32. The Morgan fingerprint density at radius 1 is 1.67 bits per heavy atom. The van der Waals surface area contributed by atoms with E-state index in [0.717, 1.165) is 35.9 Å². The number of thiophene rings is 1. The van der Waals surface area contributed by atoms with Crippen molar-refractivity contribution in [3.63, 3.8) is 0 Å². The van der Waals surface area contributed by atoms with Gasteiger partial charge in [0.15, 0.2) is 0 Å². The fourth-order valence-electron chi connectivity index (χ4n) is 1.65. The van der Waals surface area contributed by atoms with E-state index in [0.29, 0.717) is 0 Å². The molecule has 15 heavy (non-hydrogen) atoms. The van der Waals surface area contributed by atoms with Gasteiger partial charge in [0.1, 0.15) is 10.7 Å². The van der Waals surface area contributed by atoms with Gasteiger partial charge in [-0.05, 0) is 30.7 Å². The number of halogens is 2. The quantitative estimate of drug-likeness (QED) is 0.853. The summed E-state index contributed by atoms with van der Waals surface area (Å²) < 4.78 is 13.1. The molecule has 0 unspecified atom stereocenters. The second kappa shape index (κ2) is 4.22. The number of alkyl halides is 1. The molecule has 1 fully saturated rings. The van der Waals surface area contributed by atoms with Crippen LogP contribution in [0.4, 0.5) is 4.39 Å². The third-order valence-electron chi connectivity index (χ3n) is 2.77. The van der Waals surface area contributed by atoms with Crippen molar-refractivity contribution in [3.8, 4) is 0 Å². The highest BCUT2D eigenvalue weighted by Crippen LogP contribution is 2.34. The molecule has 1 N–H and O–H groups in total. The molecule has 2 nitrogen and oxygen atoms in total. The van der Waals surface area contributed by atoms with E-state index in [1.165, 1.54) is 6.07 Å². The Labute approximate surface area is 100 Å². The predicted molar refractivity (Wildman–Crippen MR) is 62.1 cm³/mol. The SMILES string of the molecule is O=C(NC1(CBr)CCC1)c1sccc1F. The van der Waals surface area contributed by atoms with Gasteiger partial charge in [0.05, 0.1) is 5.54 Å². The number of hydrogen-bond acceptors (Lipinski definition) is 2. The Bertz CT molecular complexity index is 370. The molecule has 1 aliphatic rings. The zero-order valence-corrected chi connectivity index (χ0v) is 10.5. The number of hydrogen-bond donors (Lipinski definition) is 1. The molecule has 1 aliphatic carbocycles. The number of amides is 1. The van der Waals surface area contributed by atoms with Crippen LogP contribution in [0.5, 0.6) is 0 Å². The lowest BCUT2D eigenvalue weighted by Gasteiger charge is -2.41. The van der Waals surface area contributed by atoms with Gasteiger partial charge < -0.3 is 5.32 Å². The van der Waals surface area contributed by atoms with Crippen LogP contribution in [0.1, 0.15) is 28.9 Å². The Morgan fingerprint density at radius 2 is 2.40 bits per heavy atom. The summed E-state index contributed by atoms with van der Waals surface area (Å²) in [4.78, 5) is 11.9. The average molecular weight is 292 g/mol. The lowest BCUT2D eigenvalue weighted by atomic mass is 9.78. The van der Waals surface area contributed by atoms with Gasteiger partial charge in [-0.15, -0.1) is 11.3 Å². The minimum Gasteiger partial charge on any atom is -0.345 e. The fourth-order valence-corrected chi connectivity index (χ4v) is 3.01. The van der Waals surface area contributed by atoms with Crippen molar-refractivity contribution in [2.75, 3.05) is 5.33 Å². The summed E-state index contributed by atoms with van der Waals surface area (Å²) >= 11 is 4.53. The first-order chi connectivity index (χ1) is 7.17. The van der Waals surface area contributed by atoms with E-state index in [9.17, 15) is 9.18 Å². The van der Waals surface area contributed by atoms with Crippen molar-refractivity contribution in [1.82, 2.24) is 5.32 Å². The van der Waals surface area contributed by atoms with E-state index in [1.807, 2.05) is 0 Å². The molecule has 1 aromatic heterocycles. The Morgan fingerprint density at radius 3 is 2.80 bits per heavy atom. The van der Waals surface area contributed by atoms with Crippen LogP contribution in [-0.2, 0) is 0 Å². The molecule has 1 aromatic rings. The first kappa shape index (κ1) is 11.1. The van der Waals surface area contributed by atoms with Crippen molar-refractivity contribution in [2.45, 2.75) is 24.8 Å². The van der Waals surface area contributed by atoms with Gasteiger partial charge in [-0.25, -0.2) is 4.39 Å². The summed E-state index contributed by atoms with van der Waals surface area (Å²) in [5, 5.41) is 5.23. The van der Waals surface area contributed by atoms with E-state index in [4.69, 9.17) is 0 Å². The van der Waals surface area contributed by atoms with E-state index in [2.05, 4.69) is 21.2 Å². The number of rotatable bonds is 3. The highest BCUT2D eigenvalue weighted by atomic mass is 79.9. The van der Waals surface area contributed by atoms with Crippen molar-refractivity contribution in [2.24, 2.45) is 0 Å². The van der Waals surface area contributed by atoms with Crippen molar-refractivity contribution in [3.05, 3.63) is 22.1 Å². The molecule has 1 heterocycles. The molecule has 5 heteroatoms. The molecule has 0 saturated heterocycles. The molecule has 82 valence electrons. The first-order valence-corrected chi connectivity index (χ1v) is 6.78. The maximum atomic E-state index is 13.1. The van der Waals surface area contributed by atoms with Gasteiger partial charge in [-0.3, -0.25) is 4.79 Å². The van der Waals surface area contributed by atoms with Crippen molar-refractivity contribution < 1.29 is 9.18 Å². The lowest BCUT2D eigenvalue weighted by molar-refractivity contribution is 0.0857. The van der Waals surface area contributed by atoms with Crippen LogP contribution in [0.15, 0.2) is 11.4 Å². The lowest BCUT2D eigenvalue weighted by Crippen LogP contribution is -2.54. The molecule has 0 aromatic carbocycles. The number of carbonyl (C=O) groups excluding carboxylic acids is 1. The molecule has 0 radical (unpaired) electrons. The minimum atomic E-state index is -0.429.